The van der Waals surface area contributed by atoms with Crippen LogP contribution in [-0.4, -0.2) is 19.2 Å². The van der Waals surface area contributed by atoms with E-state index in [0.29, 0.717) is 5.75 Å². The molecule has 6 rings (SSSR count). The van der Waals surface area contributed by atoms with E-state index in [4.69, 9.17) is 0 Å². The van der Waals surface area contributed by atoms with Crippen molar-refractivity contribution in [3.63, 3.8) is 0 Å². The van der Waals surface area contributed by atoms with Crippen molar-refractivity contribution in [2.75, 3.05) is 19.0 Å². The molecule has 4 aromatic rings. The summed E-state index contributed by atoms with van der Waals surface area (Å²) in [7, 11) is 4.17. The Hall–Kier alpha value is -3.26. The Morgan fingerprint density at radius 3 is 2.11 bits per heavy atom. The Kier molecular flexibility index (Phi) is 5.13. The molecule has 4 aromatic carbocycles. The lowest BCUT2D eigenvalue weighted by Crippen LogP contribution is -2.43. The number of benzene rings is 4. The fraction of sp³-hybridized carbons (Fsp3) is 0.371. The zero-order valence-corrected chi connectivity index (χ0v) is 23.4. The molecule has 1 N–H and O–H groups in total. The van der Waals surface area contributed by atoms with Crippen LogP contribution in [0.4, 0.5) is 5.69 Å². The molecule has 1 saturated carbocycles. The van der Waals surface area contributed by atoms with Crippen molar-refractivity contribution in [3.8, 4) is 28.0 Å². The largest absolute Gasteiger partial charge is 0.507 e. The third-order valence-corrected chi connectivity index (χ3v) is 8.88. The quantitative estimate of drug-likeness (QED) is 0.303. The zero-order chi connectivity index (χ0) is 26.3. The normalized spacial score (nSPS) is 18.6. The summed E-state index contributed by atoms with van der Waals surface area (Å²) in [6, 6.07) is 24.4. The summed E-state index contributed by atoms with van der Waals surface area (Å²) in [5, 5.41) is 13.6. The molecule has 2 nitrogen and oxygen atoms in total. The number of nitrogens with zero attached hydrogens (tertiary/aromatic N) is 1. The first kappa shape index (κ1) is 24.1. The number of fused-ring (bicyclic) bond motifs is 7. The van der Waals surface area contributed by atoms with E-state index in [-0.39, 0.29) is 16.2 Å². The molecule has 2 aliphatic rings. The molecule has 2 aliphatic carbocycles. The van der Waals surface area contributed by atoms with E-state index in [9.17, 15) is 5.11 Å². The lowest BCUT2D eigenvalue weighted by atomic mass is 9.52. The second kappa shape index (κ2) is 7.87. The summed E-state index contributed by atoms with van der Waals surface area (Å²) in [6.45, 7) is 11.9. The van der Waals surface area contributed by atoms with Crippen molar-refractivity contribution in [1.29, 1.82) is 0 Å². The second-order valence-electron chi connectivity index (χ2n) is 13.5. The molecule has 0 aliphatic heterocycles. The Morgan fingerprint density at radius 1 is 0.703 bits per heavy atom. The van der Waals surface area contributed by atoms with Gasteiger partial charge in [-0.3, -0.25) is 0 Å². The SMILES string of the molecule is Cc1cc2c(O)cc3c(c2cc1-c1cccc(N(C)C)c1)-c1ccccc1C31CC(C)(C)CC(C)(C)C1. The topological polar surface area (TPSA) is 23.5 Å². The van der Waals surface area contributed by atoms with E-state index in [2.05, 4.69) is 120 Å². The monoisotopic (exact) mass is 489 g/mol. The van der Waals surface area contributed by atoms with Gasteiger partial charge in [0.1, 0.15) is 5.75 Å². The van der Waals surface area contributed by atoms with Crippen molar-refractivity contribution in [3.05, 3.63) is 83.4 Å². The maximum absolute atomic E-state index is 11.5. The number of phenols is 1. The summed E-state index contributed by atoms with van der Waals surface area (Å²) in [5.41, 5.74) is 10.6. The number of aromatic hydroxyl groups is 1. The molecule has 0 bridgehead atoms. The average Bonchev–Trinajstić information content (AvgIpc) is 3.05. The van der Waals surface area contributed by atoms with E-state index in [1.165, 1.54) is 51.1 Å². The van der Waals surface area contributed by atoms with Crippen LogP contribution in [0.2, 0.25) is 0 Å². The maximum atomic E-state index is 11.5. The van der Waals surface area contributed by atoms with E-state index in [1.54, 1.807) is 0 Å². The Bertz CT molecular complexity index is 1540. The first-order valence-corrected chi connectivity index (χ1v) is 13.6. The van der Waals surface area contributed by atoms with Crippen molar-refractivity contribution < 1.29 is 5.11 Å². The zero-order valence-electron chi connectivity index (χ0n) is 23.4. The molecule has 0 unspecified atom stereocenters. The summed E-state index contributed by atoms with van der Waals surface area (Å²) >= 11 is 0. The Balaban J connectivity index is 1.68. The molecule has 37 heavy (non-hydrogen) atoms. The van der Waals surface area contributed by atoms with Gasteiger partial charge in [0.2, 0.25) is 0 Å². The van der Waals surface area contributed by atoms with Gasteiger partial charge in [0.15, 0.2) is 0 Å². The van der Waals surface area contributed by atoms with Gasteiger partial charge in [-0.25, -0.2) is 0 Å². The molecular weight excluding hydrogens is 450 g/mol. The lowest BCUT2D eigenvalue weighted by Gasteiger charge is -2.51. The highest BCUT2D eigenvalue weighted by Crippen LogP contribution is 2.64. The van der Waals surface area contributed by atoms with Crippen molar-refractivity contribution >= 4 is 16.5 Å². The highest BCUT2D eigenvalue weighted by atomic mass is 16.3. The van der Waals surface area contributed by atoms with Crippen LogP contribution in [0.5, 0.6) is 5.75 Å². The van der Waals surface area contributed by atoms with Gasteiger partial charge in [-0.15, -0.1) is 0 Å². The minimum Gasteiger partial charge on any atom is -0.507 e. The molecule has 0 radical (unpaired) electrons. The fourth-order valence-corrected chi connectivity index (χ4v) is 8.25. The van der Waals surface area contributed by atoms with Crippen molar-refractivity contribution in [2.24, 2.45) is 10.8 Å². The molecule has 0 heterocycles. The summed E-state index contributed by atoms with van der Waals surface area (Å²) in [5.74, 6) is 0.402. The van der Waals surface area contributed by atoms with Gasteiger partial charge >= 0.3 is 0 Å². The van der Waals surface area contributed by atoms with Crippen LogP contribution in [0.1, 0.15) is 63.6 Å². The molecule has 2 heteroatoms. The van der Waals surface area contributed by atoms with Gasteiger partial charge in [-0.2, -0.15) is 0 Å². The summed E-state index contributed by atoms with van der Waals surface area (Å²) < 4.78 is 0. The third-order valence-electron chi connectivity index (χ3n) is 8.88. The standard InChI is InChI=1S/C35H39NO/c1-22-15-27-28(17-26(22)23-11-10-12-24(16-23)36(6)7)32-25-13-8-9-14-29(25)35(30(32)18-31(27)37)20-33(2,3)19-34(4,5)21-35/h8-18,37H,19-21H2,1-7H3. The van der Waals surface area contributed by atoms with Crippen LogP contribution in [0.25, 0.3) is 33.0 Å². The van der Waals surface area contributed by atoms with E-state index >= 15 is 0 Å². The van der Waals surface area contributed by atoms with Gasteiger partial charge in [0, 0.05) is 30.6 Å². The number of aryl methyl sites for hydroxylation is 1. The molecule has 1 spiro atoms. The smallest absolute Gasteiger partial charge is 0.123 e. The van der Waals surface area contributed by atoms with E-state index < -0.39 is 0 Å². The minimum absolute atomic E-state index is 0.0846. The Morgan fingerprint density at radius 2 is 1.41 bits per heavy atom. The molecule has 0 amide bonds. The van der Waals surface area contributed by atoms with Gasteiger partial charge in [-0.1, -0.05) is 64.1 Å². The predicted molar refractivity (Wildman–Crippen MR) is 158 cm³/mol. The Labute approximate surface area is 222 Å². The number of phenolic OH excluding ortho intramolecular Hbond substituents is 1. The minimum atomic E-state index is -0.0846. The van der Waals surface area contributed by atoms with Gasteiger partial charge < -0.3 is 10.0 Å². The molecule has 0 saturated heterocycles. The molecule has 0 aromatic heterocycles. The summed E-state index contributed by atoms with van der Waals surface area (Å²) in [4.78, 5) is 2.15. The molecule has 1 fully saturated rings. The number of anilines is 1. The van der Waals surface area contributed by atoms with E-state index in [0.717, 1.165) is 23.6 Å². The summed E-state index contributed by atoms with van der Waals surface area (Å²) in [6.07, 6.45) is 3.41. The second-order valence-corrected chi connectivity index (χ2v) is 13.5. The van der Waals surface area contributed by atoms with Crippen LogP contribution >= 0.6 is 0 Å². The van der Waals surface area contributed by atoms with Crippen molar-refractivity contribution in [1.82, 2.24) is 0 Å². The average molecular weight is 490 g/mol. The lowest BCUT2D eigenvalue weighted by molar-refractivity contribution is 0.0645. The maximum Gasteiger partial charge on any atom is 0.123 e. The fourth-order valence-electron chi connectivity index (χ4n) is 8.25. The van der Waals surface area contributed by atoms with Crippen LogP contribution < -0.4 is 4.90 Å². The van der Waals surface area contributed by atoms with Crippen LogP contribution in [0.3, 0.4) is 0 Å². The first-order valence-electron chi connectivity index (χ1n) is 13.6. The number of rotatable bonds is 2. The predicted octanol–water partition coefficient (Wildman–Crippen LogP) is 9.09. The number of hydrogen-bond acceptors (Lipinski definition) is 2. The van der Waals surface area contributed by atoms with Crippen LogP contribution in [0.15, 0.2) is 66.7 Å². The number of hydrogen-bond donors (Lipinski definition) is 1. The third kappa shape index (κ3) is 3.68. The highest BCUT2D eigenvalue weighted by molar-refractivity contribution is 6.07. The van der Waals surface area contributed by atoms with E-state index in [1.807, 2.05) is 0 Å². The van der Waals surface area contributed by atoms with Crippen LogP contribution in [-0.2, 0) is 5.41 Å². The first-order chi connectivity index (χ1) is 17.4. The van der Waals surface area contributed by atoms with Crippen molar-refractivity contribution in [2.45, 2.75) is 59.3 Å². The molecular formula is C35H39NO. The molecule has 190 valence electrons. The van der Waals surface area contributed by atoms with Gasteiger partial charge in [0.05, 0.1) is 0 Å². The van der Waals surface area contributed by atoms with Gasteiger partial charge in [-0.05, 0) is 112 Å². The highest BCUT2D eigenvalue weighted by Gasteiger charge is 2.53. The molecule has 0 atom stereocenters. The van der Waals surface area contributed by atoms with Gasteiger partial charge in [0.25, 0.3) is 0 Å². The van der Waals surface area contributed by atoms with Crippen LogP contribution in [0, 0.1) is 17.8 Å².